The first-order valence-electron chi connectivity index (χ1n) is 6.51. The largest absolute Gasteiger partial charge is 0.411 e. The van der Waals surface area contributed by atoms with Crippen molar-refractivity contribution in [2.24, 2.45) is 0 Å². The van der Waals surface area contributed by atoms with Gasteiger partial charge in [0.2, 0.25) is 0 Å². The zero-order valence-electron chi connectivity index (χ0n) is 10.9. The Balaban J connectivity index is 1.71. The number of hydrogen-bond acceptors (Lipinski definition) is 3. The third-order valence-corrected chi connectivity index (χ3v) is 3.75. The van der Waals surface area contributed by atoms with Gasteiger partial charge in [-0.15, -0.1) is 0 Å². The maximum absolute atomic E-state index is 5.71. The number of hydrogen-bond donors (Lipinski definition) is 0. The molecule has 0 amide bonds. The minimum atomic E-state index is 0.257. The molecule has 0 spiro atoms. The number of nitrogens with zero attached hydrogens (tertiary/aromatic N) is 1. The van der Waals surface area contributed by atoms with Gasteiger partial charge in [0.05, 0.1) is 0 Å². The summed E-state index contributed by atoms with van der Waals surface area (Å²) in [7, 11) is 0. The number of halogens is 1. The van der Waals surface area contributed by atoms with E-state index in [1.807, 2.05) is 54.6 Å². The molecular weight excluding hydrogens is 330 g/mol. The van der Waals surface area contributed by atoms with E-state index in [9.17, 15) is 0 Å². The van der Waals surface area contributed by atoms with Crippen LogP contribution in [-0.4, -0.2) is 4.98 Å². The molecule has 0 aliphatic rings. The number of aromatic nitrogens is 1. The predicted molar refractivity (Wildman–Crippen MR) is 85.7 cm³/mol. The van der Waals surface area contributed by atoms with Crippen LogP contribution in [-0.2, 0) is 0 Å². The molecule has 3 aromatic carbocycles. The van der Waals surface area contributed by atoms with Crippen molar-refractivity contribution in [1.82, 2.24) is 4.98 Å². The van der Waals surface area contributed by atoms with Gasteiger partial charge in [0.15, 0.2) is 5.58 Å². The Morgan fingerprint density at radius 3 is 2.62 bits per heavy atom. The molecule has 1 aromatic heterocycles. The van der Waals surface area contributed by atoms with Gasteiger partial charge in [0.1, 0.15) is 11.3 Å². The molecule has 102 valence electrons. The highest BCUT2D eigenvalue weighted by Crippen LogP contribution is 2.28. The third kappa shape index (κ3) is 2.38. The molecule has 0 saturated carbocycles. The second-order valence-corrected chi connectivity index (χ2v) is 5.62. The van der Waals surface area contributed by atoms with E-state index in [2.05, 4.69) is 27.0 Å². The van der Waals surface area contributed by atoms with Gasteiger partial charge in [0.25, 0.3) is 0 Å². The van der Waals surface area contributed by atoms with Gasteiger partial charge in [0, 0.05) is 4.47 Å². The number of ether oxygens (including phenoxy) is 1. The molecule has 0 aliphatic heterocycles. The standard InChI is InChI=1S/C17H10BrNO2/c18-13-7-5-12-10-14(8-6-11(12)9-13)20-17-19-15-3-1-2-4-16(15)21-17/h1-10H. The van der Waals surface area contributed by atoms with E-state index in [1.165, 1.54) is 0 Å². The number of benzene rings is 3. The van der Waals surface area contributed by atoms with Crippen LogP contribution in [0.1, 0.15) is 0 Å². The second-order valence-electron chi connectivity index (χ2n) is 4.70. The van der Waals surface area contributed by atoms with E-state index < -0.39 is 0 Å². The van der Waals surface area contributed by atoms with E-state index in [0.29, 0.717) is 5.75 Å². The molecule has 4 heteroatoms. The summed E-state index contributed by atoms with van der Waals surface area (Å²) in [5.74, 6) is 0.705. The van der Waals surface area contributed by atoms with Crippen LogP contribution in [0.4, 0.5) is 0 Å². The number of para-hydroxylation sites is 2. The Kier molecular flexibility index (Phi) is 2.89. The first-order valence-corrected chi connectivity index (χ1v) is 7.30. The molecule has 3 nitrogen and oxygen atoms in total. The normalized spacial score (nSPS) is 11.1. The van der Waals surface area contributed by atoms with Crippen LogP contribution in [0.15, 0.2) is 69.6 Å². The molecular formula is C17H10BrNO2. The summed E-state index contributed by atoms with van der Waals surface area (Å²) in [6.07, 6.45) is 0.257. The smallest absolute Gasteiger partial charge is 0.400 e. The number of rotatable bonds is 2. The fourth-order valence-electron chi connectivity index (χ4n) is 2.25. The van der Waals surface area contributed by atoms with Crippen LogP contribution in [0.25, 0.3) is 21.9 Å². The van der Waals surface area contributed by atoms with E-state index in [1.54, 1.807) is 0 Å². The van der Waals surface area contributed by atoms with Crippen molar-refractivity contribution in [2.75, 3.05) is 0 Å². The molecule has 0 saturated heterocycles. The van der Waals surface area contributed by atoms with Crippen LogP contribution in [0.2, 0.25) is 0 Å². The average molecular weight is 340 g/mol. The minimum absolute atomic E-state index is 0.257. The number of oxazole rings is 1. The maximum atomic E-state index is 5.71. The Morgan fingerprint density at radius 1 is 0.905 bits per heavy atom. The van der Waals surface area contributed by atoms with Gasteiger partial charge < -0.3 is 9.15 Å². The van der Waals surface area contributed by atoms with Gasteiger partial charge in [-0.25, -0.2) is 0 Å². The van der Waals surface area contributed by atoms with Crippen LogP contribution >= 0.6 is 15.9 Å². The van der Waals surface area contributed by atoms with Crippen molar-refractivity contribution in [3.8, 4) is 11.8 Å². The minimum Gasteiger partial charge on any atom is -0.411 e. The van der Waals surface area contributed by atoms with Crippen molar-refractivity contribution >= 4 is 37.8 Å². The van der Waals surface area contributed by atoms with E-state index in [4.69, 9.17) is 9.15 Å². The molecule has 4 rings (SSSR count). The lowest BCUT2D eigenvalue weighted by Crippen LogP contribution is -1.84. The highest BCUT2D eigenvalue weighted by molar-refractivity contribution is 9.10. The summed E-state index contributed by atoms with van der Waals surface area (Å²) in [5, 5.41) is 2.25. The molecule has 0 fully saturated rings. The maximum Gasteiger partial charge on any atom is 0.400 e. The summed E-state index contributed by atoms with van der Waals surface area (Å²) < 4.78 is 12.3. The summed E-state index contributed by atoms with van der Waals surface area (Å²) in [4.78, 5) is 4.31. The lowest BCUT2D eigenvalue weighted by atomic mass is 10.1. The molecule has 0 aliphatic carbocycles. The fraction of sp³-hybridized carbons (Fsp3) is 0. The summed E-state index contributed by atoms with van der Waals surface area (Å²) in [6.45, 7) is 0. The summed E-state index contributed by atoms with van der Waals surface area (Å²) in [5.41, 5.74) is 1.51. The quantitative estimate of drug-likeness (QED) is 0.481. The Hall–Kier alpha value is -2.33. The molecule has 0 N–H and O–H groups in total. The highest BCUT2D eigenvalue weighted by atomic mass is 79.9. The Morgan fingerprint density at radius 2 is 1.71 bits per heavy atom. The van der Waals surface area contributed by atoms with E-state index >= 15 is 0 Å². The molecule has 21 heavy (non-hydrogen) atoms. The molecule has 0 unspecified atom stereocenters. The Labute approximate surface area is 129 Å². The highest BCUT2D eigenvalue weighted by Gasteiger charge is 2.07. The second kappa shape index (κ2) is 4.90. The molecule has 4 aromatic rings. The Bertz CT molecular complexity index is 913. The lowest BCUT2D eigenvalue weighted by molar-refractivity contribution is 0.343. The van der Waals surface area contributed by atoms with Crippen LogP contribution in [0.5, 0.6) is 11.8 Å². The van der Waals surface area contributed by atoms with Gasteiger partial charge in [-0.2, -0.15) is 4.98 Å². The number of fused-ring (bicyclic) bond motifs is 2. The van der Waals surface area contributed by atoms with Crippen LogP contribution in [0, 0.1) is 0 Å². The van der Waals surface area contributed by atoms with Crippen LogP contribution in [0.3, 0.4) is 0 Å². The van der Waals surface area contributed by atoms with Gasteiger partial charge in [-0.3, -0.25) is 0 Å². The zero-order valence-corrected chi connectivity index (χ0v) is 12.5. The van der Waals surface area contributed by atoms with E-state index in [-0.39, 0.29) is 6.08 Å². The monoisotopic (exact) mass is 339 g/mol. The van der Waals surface area contributed by atoms with Crippen molar-refractivity contribution in [2.45, 2.75) is 0 Å². The fourth-order valence-corrected chi connectivity index (χ4v) is 2.63. The van der Waals surface area contributed by atoms with Crippen molar-refractivity contribution < 1.29 is 9.15 Å². The van der Waals surface area contributed by atoms with Crippen LogP contribution < -0.4 is 4.74 Å². The summed E-state index contributed by atoms with van der Waals surface area (Å²) >= 11 is 3.47. The summed E-state index contributed by atoms with van der Waals surface area (Å²) in [6, 6.07) is 19.6. The SMILES string of the molecule is Brc1ccc2cc(Oc3nc4ccccc4o3)ccc2c1. The van der Waals surface area contributed by atoms with Gasteiger partial charge >= 0.3 is 6.08 Å². The predicted octanol–water partition coefficient (Wildman–Crippen LogP) is 5.54. The zero-order chi connectivity index (χ0) is 14.2. The third-order valence-electron chi connectivity index (χ3n) is 3.25. The molecule has 1 heterocycles. The van der Waals surface area contributed by atoms with Gasteiger partial charge in [-0.05, 0) is 47.2 Å². The van der Waals surface area contributed by atoms with Gasteiger partial charge in [-0.1, -0.05) is 40.2 Å². The molecule has 0 radical (unpaired) electrons. The first-order chi connectivity index (χ1) is 10.3. The molecule has 0 bridgehead atoms. The lowest BCUT2D eigenvalue weighted by Gasteiger charge is -2.03. The molecule has 0 atom stereocenters. The van der Waals surface area contributed by atoms with Crippen molar-refractivity contribution in [1.29, 1.82) is 0 Å². The topological polar surface area (TPSA) is 35.3 Å². The van der Waals surface area contributed by atoms with Crippen molar-refractivity contribution in [3.63, 3.8) is 0 Å². The van der Waals surface area contributed by atoms with Crippen molar-refractivity contribution in [3.05, 3.63) is 65.1 Å². The average Bonchev–Trinajstić information content (AvgIpc) is 2.89. The van der Waals surface area contributed by atoms with E-state index in [0.717, 1.165) is 26.3 Å². The first kappa shape index (κ1) is 12.4.